The van der Waals surface area contributed by atoms with E-state index in [0.29, 0.717) is 23.1 Å². The molecule has 0 saturated carbocycles. The zero-order chi connectivity index (χ0) is 24.2. The molecular formula is C27H42Cl2O4. The summed E-state index contributed by atoms with van der Waals surface area (Å²) < 4.78 is 10.4. The minimum Gasteiger partial charge on any atom is -0.466 e. The molecule has 0 aliphatic heterocycles. The Morgan fingerprint density at radius 1 is 0.697 bits per heavy atom. The third-order valence-corrected chi connectivity index (χ3v) is 6.28. The molecule has 33 heavy (non-hydrogen) atoms. The minimum atomic E-state index is -0.405. The van der Waals surface area contributed by atoms with Gasteiger partial charge in [-0.25, -0.2) is 0 Å². The maximum absolute atomic E-state index is 11.8. The number of carbonyl (C=O) groups excluding carboxylic acids is 2. The van der Waals surface area contributed by atoms with Gasteiger partial charge in [-0.15, -0.1) is 0 Å². The van der Waals surface area contributed by atoms with Crippen LogP contribution in [-0.4, -0.2) is 25.2 Å². The highest BCUT2D eigenvalue weighted by Crippen LogP contribution is 2.21. The third-order valence-electron chi connectivity index (χ3n) is 5.69. The molecule has 1 aromatic rings. The monoisotopic (exact) mass is 500 g/mol. The molecule has 0 aromatic heterocycles. The molecule has 0 heterocycles. The van der Waals surface area contributed by atoms with E-state index in [1.807, 2.05) is 6.07 Å². The molecule has 188 valence electrons. The van der Waals surface area contributed by atoms with Crippen LogP contribution in [0.3, 0.4) is 0 Å². The van der Waals surface area contributed by atoms with Crippen molar-refractivity contribution in [3.8, 4) is 0 Å². The molecule has 6 heteroatoms. The summed E-state index contributed by atoms with van der Waals surface area (Å²) in [5.74, 6) is -0.746. The van der Waals surface area contributed by atoms with Crippen LogP contribution in [0.15, 0.2) is 18.2 Å². The molecule has 4 nitrogen and oxygen atoms in total. The summed E-state index contributed by atoms with van der Waals surface area (Å²) in [5.41, 5.74) is 0.867. The first-order valence-electron chi connectivity index (χ1n) is 12.8. The second-order valence-corrected chi connectivity index (χ2v) is 9.51. The molecule has 0 atom stereocenters. The highest BCUT2D eigenvalue weighted by atomic mass is 35.5. The number of hydrogen-bond donors (Lipinski definition) is 0. The van der Waals surface area contributed by atoms with Gasteiger partial charge in [0.05, 0.1) is 26.1 Å². The molecule has 0 radical (unpaired) electrons. The molecule has 0 unspecified atom stereocenters. The number of benzene rings is 1. The molecule has 0 saturated heterocycles. The highest BCUT2D eigenvalue weighted by molar-refractivity contribution is 6.35. The molecule has 0 aliphatic rings. The quantitative estimate of drug-likeness (QED) is 0.133. The lowest BCUT2D eigenvalue weighted by molar-refractivity contribution is -0.150. The predicted octanol–water partition coefficient (Wildman–Crippen LogP) is 8.49. The summed E-state index contributed by atoms with van der Waals surface area (Å²) in [7, 11) is 0. The van der Waals surface area contributed by atoms with Crippen molar-refractivity contribution >= 4 is 35.1 Å². The molecule has 0 N–H and O–H groups in total. The Kier molecular flexibility index (Phi) is 18.2. The van der Waals surface area contributed by atoms with Crippen molar-refractivity contribution in [3.05, 3.63) is 33.8 Å². The van der Waals surface area contributed by atoms with Crippen LogP contribution in [0.5, 0.6) is 0 Å². The largest absolute Gasteiger partial charge is 0.466 e. The van der Waals surface area contributed by atoms with Gasteiger partial charge in [0.25, 0.3) is 0 Å². The molecular weight excluding hydrogens is 459 g/mol. The maximum Gasteiger partial charge on any atom is 0.306 e. The van der Waals surface area contributed by atoms with Crippen LogP contribution < -0.4 is 0 Å². The van der Waals surface area contributed by atoms with Crippen molar-refractivity contribution in [2.75, 3.05) is 13.2 Å². The molecule has 0 amide bonds. The van der Waals surface area contributed by atoms with Gasteiger partial charge in [-0.3, -0.25) is 9.59 Å². The van der Waals surface area contributed by atoms with E-state index in [4.69, 9.17) is 32.7 Å². The highest BCUT2D eigenvalue weighted by Gasteiger charge is 2.10. The Hall–Kier alpha value is -1.26. The van der Waals surface area contributed by atoms with Crippen LogP contribution in [0.2, 0.25) is 10.0 Å². The topological polar surface area (TPSA) is 52.6 Å². The number of carbonyl (C=O) groups is 2. The summed E-state index contributed by atoms with van der Waals surface area (Å²) >= 11 is 12.0. The van der Waals surface area contributed by atoms with Crippen LogP contribution in [0.4, 0.5) is 0 Å². The lowest BCUT2D eigenvalue weighted by Crippen LogP contribution is -2.12. The summed E-state index contributed by atoms with van der Waals surface area (Å²) in [6, 6.07) is 5.22. The molecule has 0 spiro atoms. The second kappa shape index (κ2) is 20.1. The second-order valence-electron chi connectivity index (χ2n) is 8.67. The van der Waals surface area contributed by atoms with Gasteiger partial charge in [0.15, 0.2) is 0 Å². The first-order chi connectivity index (χ1) is 16.0. The fourth-order valence-corrected chi connectivity index (χ4v) is 4.16. The number of hydrogen-bond acceptors (Lipinski definition) is 4. The van der Waals surface area contributed by atoms with Gasteiger partial charge in [-0.2, -0.15) is 0 Å². The SMILES string of the molecule is CCCCCCCCCCCCCCCOC(=O)CCC(=O)OCCc1ccc(Cl)cc1Cl. The van der Waals surface area contributed by atoms with Gasteiger partial charge in [0, 0.05) is 16.5 Å². The first kappa shape index (κ1) is 29.8. The molecule has 0 bridgehead atoms. The third kappa shape index (κ3) is 16.9. The van der Waals surface area contributed by atoms with Crippen LogP contribution >= 0.6 is 23.2 Å². The molecule has 0 aliphatic carbocycles. The van der Waals surface area contributed by atoms with Crippen molar-refractivity contribution in [1.82, 2.24) is 0 Å². The number of halogens is 2. The van der Waals surface area contributed by atoms with Crippen molar-refractivity contribution in [2.45, 2.75) is 110 Å². The van der Waals surface area contributed by atoms with Crippen molar-refractivity contribution in [3.63, 3.8) is 0 Å². The average molecular weight is 502 g/mol. The molecule has 0 fully saturated rings. The predicted molar refractivity (Wildman–Crippen MR) is 137 cm³/mol. The molecule has 1 rings (SSSR count). The van der Waals surface area contributed by atoms with E-state index in [1.54, 1.807) is 12.1 Å². The maximum atomic E-state index is 11.8. The van der Waals surface area contributed by atoms with E-state index in [1.165, 1.54) is 70.6 Å². The summed E-state index contributed by atoms with van der Waals surface area (Å²) in [5, 5.41) is 1.12. The van der Waals surface area contributed by atoms with Crippen molar-refractivity contribution in [2.24, 2.45) is 0 Å². The van der Waals surface area contributed by atoms with Crippen LogP contribution in [-0.2, 0) is 25.5 Å². The Labute approximate surface area is 210 Å². The minimum absolute atomic E-state index is 0.0335. The van der Waals surface area contributed by atoms with Crippen molar-refractivity contribution < 1.29 is 19.1 Å². The van der Waals surface area contributed by atoms with E-state index in [2.05, 4.69) is 6.92 Å². The Morgan fingerprint density at radius 3 is 1.70 bits per heavy atom. The fraction of sp³-hybridized carbons (Fsp3) is 0.704. The number of unbranched alkanes of at least 4 members (excludes halogenated alkanes) is 12. The van der Waals surface area contributed by atoms with Gasteiger partial charge in [0.2, 0.25) is 0 Å². The zero-order valence-electron chi connectivity index (χ0n) is 20.3. The van der Waals surface area contributed by atoms with E-state index in [9.17, 15) is 9.59 Å². The van der Waals surface area contributed by atoms with Gasteiger partial charge >= 0.3 is 11.9 Å². The zero-order valence-corrected chi connectivity index (χ0v) is 21.9. The number of rotatable bonds is 20. The lowest BCUT2D eigenvalue weighted by atomic mass is 10.0. The lowest BCUT2D eigenvalue weighted by Gasteiger charge is -2.07. The molecule has 1 aromatic carbocycles. The summed E-state index contributed by atoms with van der Waals surface area (Å²) in [4.78, 5) is 23.6. The van der Waals surface area contributed by atoms with E-state index < -0.39 is 5.97 Å². The normalized spacial score (nSPS) is 10.9. The fourth-order valence-electron chi connectivity index (χ4n) is 3.65. The van der Waals surface area contributed by atoms with Crippen LogP contribution in [0, 0.1) is 0 Å². The Balaban J connectivity index is 1.89. The van der Waals surface area contributed by atoms with Gasteiger partial charge in [0.1, 0.15) is 0 Å². The summed E-state index contributed by atoms with van der Waals surface area (Å²) in [6.07, 6.45) is 17.3. The summed E-state index contributed by atoms with van der Waals surface area (Å²) in [6.45, 7) is 2.90. The standard InChI is InChI=1S/C27H42Cl2O4/c1-2-3-4-5-6-7-8-9-10-11-12-13-14-20-32-26(30)17-18-27(31)33-21-19-23-15-16-24(28)22-25(23)29/h15-16,22H,2-14,17-21H2,1H3. The van der Waals surface area contributed by atoms with Gasteiger partial charge < -0.3 is 9.47 Å². The van der Waals surface area contributed by atoms with Crippen LogP contribution in [0.25, 0.3) is 0 Å². The number of esters is 2. The Bertz CT molecular complexity index is 664. The van der Waals surface area contributed by atoms with E-state index in [-0.39, 0.29) is 25.4 Å². The average Bonchev–Trinajstić information content (AvgIpc) is 2.79. The van der Waals surface area contributed by atoms with Crippen LogP contribution in [0.1, 0.15) is 109 Å². The number of ether oxygens (including phenoxy) is 2. The smallest absolute Gasteiger partial charge is 0.306 e. The Morgan fingerprint density at radius 2 is 1.18 bits per heavy atom. The van der Waals surface area contributed by atoms with Gasteiger partial charge in [-0.05, 0) is 24.1 Å². The first-order valence-corrected chi connectivity index (χ1v) is 13.5. The van der Waals surface area contributed by atoms with E-state index >= 15 is 0 Å². The van der Waals surface area contributed by atoms with E-state index in [0.717, 1.165) is 18.4 Å². The van der Waals surface area contributed by atoms with Crippen molar-refractivity contribution in [1.29, 1.82) is 0 Å². The van der Waals surface area contributed by atoms with Gasteiger partial charge in [-0.1, -0.05) is 113 Å².